The van der Waals surface area contributed by atoms with Gasteiger partial charge in [0.1, 0.15) is 6.04 Å². The van der Waals surface area contributed by atoms with Gasteiger partial charge in [0.15, 0.2) is 0 Å². The molecule has 0 radical (unpaired) electrons. The summed E-state index contributed by atoms with van der Waals surface area (Å²) in [5, 5.41) is 20.2. The van der Waals surface area contributed by atoms with Crippen LogP contribution in [0.15, 0.2) is 0 Å². The molecule has 116 valence electrons. The Labute approximate surface area is 120 Å². The molecule has 0 aromatic heterocycles. The molecule has 6 nitrogen and oxygen atoms in total. The molecule has 1 saturated carbocycles. The third kappa shape index (κ3) is 4.67. The Kier molecular flexibility index (Phi) is 5.80. The van der Waals surface area contributed by atoms with Crippen molar-refractivity contribution < 1.29 is 19.8 Å². The summed E-state index contributed by atoms with van der Waals surface area (Å²) in [5.41, 5.74) is 0.328. The quantitative estimate of drug-likeness (QED) is 0.713. The summed E-state index contributed by atoms with van der Waals surface area (Å²) < 4.78 is 0. The lowest BCUT2D eigenvalue weighted by Crippen LogP contribution is -2.51. The number of nitrogens with one attached hydrogen (secondary N) is 1. The molecule has 3 N–H and O–H groups in total. The van der Waals surface area contributed by atoms with E-state index in [9.17, 15) is 9.59 Å². The number of aliphatic hydroxyl groups is 1. The van der Waals surface area contributed by atoms with Gasteiger partial charge in [0.25, 0.3) is 0 Å². The Morgan fingerprint density at radius 2 is 1.90 bits per heavy atom. The lowest BCUT2D eigenvalue weighted by atomic mass is 9.75. The van der Waals surface area contributed by atoms with Gasteiger partial charge in [-0.05, 0) is 31.1 Å². The number of urea groups is 1. The van der Waals surface area contributed by atoms with Gasteiger partial charge in [-0.2, -0.15) is 0 Å². The molecule has 1 aliphatic rings. The number of amides is 2. The maximum atomic E-state index is 12.1. The van der Waals surface area contributed by atoms with Crippen LogP contribution in [0.25, 0.3) is 0 Å². The second kappa shape index (κ2) is 6.92. The highest BCUT2D eigenvalue weighted by atomic mass is 16.4. The van der Waals surface area contributed by atoms with Crippen molar-refractivity contribution in [2.75, 3.05) is 13.7 Å². The van der Waals surface area contributed by atoms with E-state index >= 15 is 0 Å². The molecule has 0 heterocycles. The average Bonchev–Trinajstić information content (AvgIpc) is 2.37. The van der Waals surface area contributed by atoms with Gasteiger partial charge in [-0.1, -0.05) is 13.8 Å². The second-order valence-electron chi connectivity index (χ2n) is 6.36. The van der Waals surface area contributed by atoms with Gasteiger partial charge in [-0.15, -0.1) is 0 Å². The van der Waals surface area contributed by atoms with Crippen molar-refractivity contribution >= 4 is 12.0 Å². The van der Waals surface area contributed by atoms with Gasteiger partial charge in [-0.3, -0.25) is 0 Å². The SMILES string of the molecule is CN(C(=O)N[C@@H](CCO)C(=O)O)C1CCC(C)(C)CC1. The van der Waals surface area contributed by atoms with Gasteiger partial charge < -0.3 is 20.4 Å². The molecule has 0 saturated heterocycles. The Bertz CT molecular complexity index is 347. The Morgan fingerprint density at radius 1 is 1.35 bits per heavy atom. The van der Waals surface area contributed by atoms with Crippen LogP contribution < -0.4 is 5.32 Å². The highest BCUT2D eigenvalue weighted by molar-refractivity contribution is 5.82. The Balaban J connectivity index is 2.52. The van der Waals surface area contributed by atoms with Crippen LogP contribution >= 0.6 is 0 Å². The lowest BCUT2D eigenvalue weighted by molar-refractivity contribution is -0.139. The minimum absolute atomic E-state index is 0.0204. The van der Waals surface area contributed by atoms with E-state index in [0.29, 0.717) is 5.41 Å². The van der Waals surface area contributed by atoms with Gasteiger partial charge in [0.2, 0.25) is 0 Å². The van der Waals surface area contributed by atoms with E-state index in [1.807, 2.05) is 0 Å². The minimum atomic E-state index is -1.12. The normalized spacial score (nSPS) is 20.2. The Morgan fingerprint density at radius 3 is 2.35 bits per heavy atom. The average molecular weight is 286 g/mol. The molecule has 2 amide bonds. The fourth-order valence-corrected chi connectivity index (χ4v) is 2.57. The van der Waals surface area contributed by atoms with Crippen molar-refractivity contribution in [1.82, 2.24) is 10.2 Å². The topological polar surface area (TPSA) is 89.9 Å². The van der Waals surface area contributed by atoms with E-state index in [2.05, 4.69) is 19.2 Å². The van der Waals surface area contributed by atoms with Crippen molar-refractivity contribution in [3.8, 4) is 0 Å². The molecule has 1 fully saturated rings. The molecule has 20 heavy (non-hydrogen) atoms. The first-order chi connectivity index (χ1) is 9.26. The van der Waals surface area contributed by atoms with Crippen molar-refractivity contribution in [2.45, 2.75) is 58.0 Å². The number of nitrogens with zero attached hydrogens (tertiary/aromatic N) is 1. The van der Waals surface area contributed by atoms with Crippen LogP contribution in [-0.2, 0) is 4.79 Å². The highest BCUT2D eigenvalue weighted by Crippen LogP contribution is 2.36. The maximum absolute atomic E-state index is 12.1. The molecule has 0 spiro atoms. The van der Waals surface area contributed by atoms with E-state index in [4.69, 9.17) is 10.2 Å². The smallest absolute Gasteiger partial charge is 0.326 e. The summed E-state index contributed by atoms with van der Waals surface area (Å²) in [6.07, 6.45) is 4.03. The van der Waals surface area contributed by atoms with Crippen LogP contribution in [0.3, 0.4) is 0 Å². The fourth-order valence-electron chi connectivity index (χ4n) is 2.57. The van der Waals surface area contributed by atoms with Crippen LogP contribution in [-0.4, -0.2) is 52.9 Å². The third-order valence-electron chi connectivity index (χ3n) is 4.19. The second-order valence-corrected chi connectivity index (χ2v) is 6.36. The summed E-state index contributed by atoms with van der Waals surface area (Å²) in [4.78, 5) is 24.6. The van der Waals surface area contributed by atoms with Gasteiger partial charge in [0.05, 0.1) is 0 Å². The van der Waals surface area contributed by atoms with E-state index in [1.54, 1.807) is 11.9 Å². The molecular weight excluding hydrogens is 260 g/mol. The van der Waals surface area contributed by atoms with Crippen LogP contribution in [0, 0.1) is 5.41 Å². The molecule has 0 aromatic carbocycles. The zero-order valence-electron chi connectivity index (χ0n) is 12.6. The lowest BCUT2D eigenvalue weighted by Gasteiger charge is -2.38. The van der Waals surface area contributed by atoms with Crippen LogP contribution in [0.5, 0.6) is 0 Å². The minimum Gasteiger partial charge on any atom is -0.480 e. The van der Waals surface area contributed by atoms with Gasteiger partial charge in [0, 0.05) is 26.1 Å². The van der Waals surface area contributed by atoms with Crippen molar-refractivity contribution in [1.29, 1.82) is 0 Å². The highest BCUT2D eigenvalue weighted by Gasteiger charge is 2.31. The summed E-state index contributed by atoms with van der Waals surface area (Å²) in [5.74, 6) is -1.12. The number of carboxylic acids is 1. The van der Waals surface area contributed by atoms with Crippen LogP contribution in [0.4, 0.5) is 4.79 Å². The predicted octanol–water partition coefficient (Wildman–Crippen LogP) is 1.43. The summed E-state index contributed by atoms with van der Waals surface area (Å²) in [6.45, 7) is 4.19. The maximum Gasteiger partial charge on any atom is 0.326 e. The zero-order valence-corrected chi connectivity index (χ0v) is 12.6. The van der Waals surface area contributed by atoms with E-state index in [1.165, 1.54) is 0 Å². The number of rotatable bonds is 5. The number of hydrogen-bond acceptors (Lipinski definition) is 3. The first-order valence-corrected chi connectivity index (χ1v) is 7.14. The zero-order chi connectivity index (χ0) is 15.3. The molecule has 6 heteroatoms. The first kappa shape index (κ1) is 16.8. The fraction of sp³-hybridized carbons (Fsp3) is 0.857. The Hall–Kier alpha value is -1.30. The number of carboxylic acid groups (broad SMARTS) is 1. The third-order valence-corrected chi connectivity index (χ3v) is 4.19. The molecule has 0 aromatic rings. The van der Waals surface area contributed by atoms with E-state index in [-0.39, 0.29) is 25.1 Å². The standard InChI is InChI=1S/C14H26N2O4/c1-14(2)7-4-10(5-8-14)16(3)13(20)15-11(6-9-17)12(18)19/h10-11,17H,4-9H2,1-3H3,(H,15,20)(H,18,19)/t11-/m0/s1. The number of hydrogen-bond donors (Lipinski definition) is 3. The number of carbonyl (C=O) groups is 2. The molecule has 1 aliphatic carbocycles. The molecule has 1 rings (SSSR count). The predicted molar refractivity (Wildman–Crippen MR) is 75.5 cm³/mol. The summed E-state index contributed by atoms with van der Waals surface area (Å²) in [7, 11) is 1.70. The van der Waals surface area contributed by atoms with Crippen molar-refractivity contribution in [2.24, 2.45) is 5.41 Å². The monoisotopic (exact) mass is 286 g/mol. The molecular formula is C14H26N2O4. The van der Waals surface area contributed by atoms with Crippen molar-refractivity contribution in [3.05, 3.63) is 0 Å². The van der Waals surface area contributed by atoms with Gasteiger partial charge in [-0.25, -0.2) is 9.59 Å². The molecule has 0 aliphatic heterocycles. The molecule has 0 bridgehead atoms. The molecule has 1 atom stereocenters. The number of aliphatic hydroxyl groups excluding tert-OH is 1. The number of aliphatic carboxylic acids is 1. The van der Waals surface area contributed by atoms with E-state index < -0.39 is 12.0 Å². The van der Waals surface area contributed by atoms with Crippen molar-refractivity contribution in [3.63, 3.8) is 0 Å². The molecule has 0 unspecified atom stereocenters. The summed E-state index contributed by atoms with van der Waals surface area (Å²) >= 11 is 0. The largest absolute Gasteiger partial charge is 0.480 e. The van der Waals surface area contributed by atoms with E-state index in [0.717, 1.165) is 25.7 Å². The number of carbonyl (C=O) groups excluding carboxylic acids is 1. The van der Waals surface area contributed by atoms with Gasteiger partial charge >= 0.3 is 12.0 Å². The van der Waals surface area contributed by atoms with Crippen LogP contribution in [0.1, 0.15) is 46.0 Å². The first-order valence-electron chi connectivity index (χ1n) is 7.14. The van der Waals surface area contributed by atoms with Crippen LogP contribution in [0.2, 0.25) is 0 Å². The summed E-state index contributed by atoms with van der Waals surface area (Å²) in [6, 6.07) is -1.25.